The number of hydrogen-bond acceptors (Lipinski definition) is 4. The third kappa shape index (κ3) is 4.92. The van der Waals surface area contributed by atoms with Gasteiger partial charge in [-0.15, -0.1) is 17.0 Å². The second-order valence-corrected chi connectivity index (χ2v) is 6.32. The summed E-state index contributed by atoms with van der Waals surface area (Å²) in [6.45, 7) is 2.55. The van der Waals surface area contributed by atoms with E-state index in [-0.39, 0.29) is 22.8 Å². The average molecular weight is 453 g/mol. The number of benzene rings is 2. The Hall–Kier alpha value is -1.66. The average Bonchev–Trinajstić information content (AvgIpc) is 3.10. The first-order valence-corrected chi connectivity index (χ1v) is 8.37. The molecule has 0 saturated heterocycles. The highest BCUT2D eigenvalue weighted by molar-refractivity contribution is 9.10. The number of guanidine groups is 1. The van der Waals surface area contributed by atoms with Crippen molar-refractivity contribution in [2.75, 3.05) is 19.6 Å². The fourth-order valence-electron chi connectivity index (χ4n) is 2.51. The van der Waals surface area contributed by atoms with Crippen molar-refractivity contribution in [3.8, 4) is 0 Å². The lowest BCUT2D eigenvalue weighted by Crippen LogP contribution is -2.41. The number of hydrogen-bond donors (Lipinski definition) is 1. The third-order valence-corrected chi connectivity index (χ3v) is 4.20. The summed E-state index contributed by atoms with van der Waals surface area (Å²) in [6, 6.07) is 17.6. The van der Waals surface area contributed by atoms with Gasteiger partial charge in [-0.25, -0.2) is 0 Å². The van der Waals surface area contributed by atoms with Crippen LogP contribution in [0, 0.1) is 0 Å². The maximum Gasteiger partial charge on any atom is 0.194 e. The van der Waals surface area contributed by atoms with Gasteiger partial charge in [0.2, 0.25) is 0 Å². The van der Waals surface area contributed by atoms with Crippen LogP contribution in [0.1, 0.15) is 15.9 Å². The summed E-state index contributed by atoms with van der Waals surface area (Å²) in [5, 5.41) is 3.26. The van der Waals surface area contributed by atoms with Gasteiger partial charge in [-0.05, 0) is 17.7 Å². The topological polar surface area (TPSA) is 44.7 Å². The first-order chi connectivity index (χ1) is 11.2. The van der Waals surface area contributed by atoms with Gasteiger partial charge in [0.15, 0.2) is 11.7 Å². The Morgan fingerprint density at radius 1 is 1.12 bits per heavy atom. The van der Waals surface area contributed by atoms with Crippen LogP contribution in [0.2, 0.25) is 0 Å². The van der Waals surface area contributed by atoms with E-state index in [2.05, 4.69) is 38.4 Å². The van der Waals surface area contributed by atoms with Crippen LogP contribution >= 0.6 is 32.9 Å². The Morgan fingerprint density at radius 2 is 1.83 bits per heavy atom. The van der Waals surface area contributed by atoms with Crippen molar-refractivity contribution in [3.63, 3.8) is 0 Å². The first-order valence-electron chi connectivity index (χ1n) is 7.58. The van der Waals surface area contributed by atoms with E-state index in [1.807, 2.05) is 47.4 Å². The van der Waals surface area contributed by atoms with Crippen LogP contribution in [-0.4, -0.2) is 36.3 Å². The number of ketones is 1. The van der Waals surface area contributed by atoms with Gasteiger partial charge in [-0.2, -0.15) is 0 Å². The zero-order valence-electron chi connectivity index (χ0n) is 13.1. The first kappa shape index (κ1) is 18.7. The van der Waals surface area contributed by atoms with Crippen molar-refractivity contribution < 1.29 is 4.79 Å². The second kappa shape index (κ2) is 8.99. The number of aliphatic imine (C=N–C) groups is 1. The molecule has 3 rings (SSSR count). The SMILES string of the molecule is Br.O=C(CN(Cc1ccccc1)C1=NCCN1)c1ccc(Br)cc1. The van der Waals surface area contributed by atoms with Gasteiger partial charge >= 0.3 is 0 Å². The Labute approximate surface area is 160 Å². The van der Waals surface area contributed by atoms with Crippen molar-refractivity contribution in [1.29, 1.82) is 0 Å². The maximum absolute atomic E-state index is 12.6. The second-order valence-electron chi connectivity index (χ2n) is 5.40. The maximum atomic E-state index is 12.6. The highest BCUT2D eigenvalue weighted by Gasteiger charge is 2.19. The van der Waals surface area contributed by atoms with Crippen LogP contribution in [0.25, 0.3) is 0 Å². The lowest BCUT2D eigenvalue weighted by atomic mass is 10.1. The molecule has 1 heterocycles. The molecule has 0 unspecified atom stereocenters. The van der Waals surface area contributed by atoms with Gasteiger partial charge in [0, 0.05) is 23.1 Å². The van der Waals surface area contributed by atoms with Gasteiger partial charge < -0.3 is 10.2 Å². The van der Waals surface area contributed by atoms with E-state index in [0.717, 1.165) is 29.1 Å². The van der Waals surface area contributed by atoms with Crippen molar-refractivity contribution in [1.82, 2.24) is 10.2 Å². The molecule has 1 aliphatic heterocycles. The van der Waals surface area contributed by atoms with Gasteiger partial charge in [-0.3, -0.25) is 9.79 Å². The summed E-state index contributed by atoms with van der Waals surface area (Å²) in [7, 11) is 0. The summed E-state index contributed by atoms with van der Waals surface area (Å²) in [5.74, 6) is 0.893. The zero-order valence-corrected chi connectivity index (χ0v) is 16.4. The summed E-state index contributed by atoms with van der Waals surface area (Å²) in [6.07, 6.45) is 0. The summed E-state index contributed by atoms with van der Waals surface area (Å²) >= 11 is 3.39. The molecule has 0 saturated carbocycles. The molecule has 0 atom stereocenters. The highest BCUT2D eigenvalue weighted by Crippen LogP contribution is 2.13. The molecule has 0 aromatic heterocycles. The number of nitrogens with one attached hydrogen (secondary N) is 1. The molecule has 0 bridgehead atoms. The minimum absolute atomic E-state index is 0. The normalized spacial score (nSPS) is 12.8. The van der Waals surface area contributed by atoms with E-state index in [1.54, 1.807) is 0 Å². The standard InChI is InChI=1S/C18H18BrN3O.BrH/c19-16-8-6-15(7-9-16)17(23)13-22(18-20-10-11-21-18)12-14-4-2-1-3-5-14;/h1-9H,10-13H2,(H,20,21);1H. The monoisotopic (exact) mass is 451 g/mol. The molecule has 2 aromatic carbocycles. The lowest BCUT2D eigenvalue weighted by molar-refractivity contribution is 0.0960. The molecule has 4 nitrogen and oxygen atoms in total. The van der Waals surface area contributed by atoms with Crippen LogP contribution in [0.4, 0.5) is 0 Å². The van der Waals surface area contributed by atoms with Gasteiger partial charge in [0.1, 0.15) is 0 Å². The van der Waals surface area contributed by atoms with Crippen molar-refractivity contribution in [3.05, 3.63) is 70.2 Å². The zero-order chi connectivity index (χ0) is 16.1. The number of rotatable bonds is 5. The molecule has 0 fully saturated rings. The van der Waals surface area contributed by atoms with E-state index in [9.17, 15) is 4.79 Å². The van der Waals surface area contributed by atoms with E-state index >= 15 is 0 Å². The van der Waals surface area contributed by atoms with Crippen LogP contribution in [0.15, 0.2) is 64.1 Å². The van der Waals surface area contributed by atoms with Crippen LogP contribution < -0.4 is 5.32 Å². The van der Waals surface area contributed by atoms with Crippen LogP contribution in [0.3, 0.4) is 0 Å². The molecule has 0 amide bonds. The van der Waals surface area contributed by atoms with Gasteiger partial charge in [0.25, 0.3) is 0 Å². The molecule has 24 heavy (non-hydrogen) atoms. The van der Waals surface area contributed by atoms with Crippen LogP contribution in [-0.2, 0) is 6.54 Å². The Balaban J connectivity index is 0.00000208. The molecule has 0 spiro atoms. The molecule has 6 heteroatoms. The Kier molecular flexibility index (Phi) is 6.99. The van der Waals surface area contributed by atoms with E-state index in [0.29, 0.717) is 18.7 Å². The molecule has 126 valence electrons. The molecule has 1 N–H and O–H groups in total. The number of carbonyl (C=O) groups excluding carboxylic acids is 1. The summed E-state index contributed by atoms with van der Waals surface area (Å²) in [5.41, 5.74) is 1.87. The third-order valence-electron chi connectivity index (χ3n) is 3.67. The number of Topliss-reactive ketones (excluding diaryl/α,β-unsaturated/α-hetero) is 1. The molecule has 1 aliphatic rings. The number of nitrogens with zero attached hydrogens (tertiary/aromatic N) is 2. The van der Waals surface area contributed by atoms with E-state index in [4.69, 9.17) is 0 Å². The highest BCUT2D eigenvalue weighted by atomic mass is 79.9. The minimum atomic E-state index is 0. The minimum Gasteiger partial charge on any atom is -0.354 e. The van der Waals surface area contributed by atoms with Crippen molar-refractivity contribution >= 4 is 44.7 Å². The van der Waals surface area contributed by atoms with Gasteiger partial charge in [-0.1, -0.05) is 58.4 Å². The van der Waals surface area contributed by atoms with Crippen molar-refractivity contribution in [2.24, 2.45) is 4.99 Å². The fourth-order valence-corrected chi connectivity index (χ4v) is 2.77. The van der Waals surface area contributed by atoms with Crippen LogP contribution in [0.5, 0.6) is 0 Å². The van der Waals surface area contributed by atoms with E-state index < -0.39 is 0 Å². The molecule has 2 aromatic rings. The Morgan fingerprint density at radius 3 is 2.46 bits per heavy atom. The smallest absolute Gasteiger partial charge is 0.194 e. The predicted molar refractivity (Wildman–Crippen MR) is 106 cm³/mol. The molecular weight excluding hydrogens is 434 g/mol. The predicted octanol–water partition coefficient (Wildman–Crippen LogP) is 3.67. The van der Waals surface area contributed by atoms with E-state index in [1.165, 1.54) is 0 Å². The summed E-state index contributed by atoms with van der Waals surface area (Å²) in [4.78, 5) is 19.0. The molecule has 0 aliphatic carbocycles. The fraction of sp³-hybridized carbons (Fsp3) is 0.222. The largest absolute Gasteiger partial charge is 0.354 e. The number of halogens is 2. The summed E-state index contributed by atoms with van der Waals surface area (Å²) < 4.78 is 0.969. The lowest BCUT2D eigenvalue weighted by Gasteiger charge is -2.24. The van der Waals surface area contributed by atoms with Crippen molar-refractivity contribution in [2.45, 2.75) is 6.54 Å². The molecule has 0 radical (unpaired) electrons. The quantitative estimate of drug-likeness (QED) is 0.704. The Bertz CT molecular complexity index is 702. The number of carbonyl (C=O) groups is 1. The van der Waals surface area contributed by atoms with Gasteiger partial charge in [0.05, 0.1) is 13.1 Å². The molecular formula is C18H19Br2N3O.